The van der Waals surface area contributed by atoms with Gasteiger partial charge >= 0.3 is 0 Å². The molecule has 1 fully saturated rings. The molecule has 1 saturated carbocycles. The summed E-state index contributed by atoms with van der Waals surface area (Å²) in [7, 11) is 0. The third-order valence-corrected chi connectivity index (χ3v) is 2.66. The van der Waals surface area contributed by atoms with Crippen LogP contribution in [0.5, 0.6) is 0 Å². The lowest BCUT2D eigenvalue weighted by Crippen LogP contribution is -2.38. The van der Waals surface area contributed by atoms with Gasteiger partial charge in [0, 0.05) is 32.5 Å². The largest absolute Gasteiger partial charge is 0.354 e. The molecular weight excluding hydrogens is 204 g/mol. The summed E-state index contributed by atoms with van der Waals surface area (Å²) in [4.78, 5) is 24.5. The number of carbonyl (C=O) groups is 2. The zero-order valence-electron chi connectivity index (χ0n) is 10.5. The van der Waals surface area contributed by atoms with E-state index >= 15 is 0 Å². The summed E-state index contributed by atoms with van der Waals surface area (Å²) in [6.07, 6.45) is 2.78. The predicted molar refractivity (Wildman–Crippen MR) is 62.9 cm³/mol. The van der Waals surface area contributed by atoms with E-state index in [0.717, 1.165) is 12.8 Å². The van der Waals surface area contributed by atoms with Crippen molar-refractivity contribution in [1.29, 1.82) is 0 Å². The molecule has 0 saturated heterocycles. The Morgan fingerprint density at radius 3 is 2.44 bits per heavy atom. The highest BCUT2D eigenvalue weighted by molar-refractivity contribution is 5.76. The normalized spacial score (nSPS) is 15.0. The van der Waals surface area contributed by atoms with Gasteiger partial charge in [-0.3, -0.25) is 9.59 Å². The van der Waals surface area contributed by atoms with Gasteiger partial charge < -0.3 is 10.2 Å². The van der Waals surface area contributed by atoms with Crippen molar-refractivity contribution in [3.63, 3.8) is 0 Å². The van der Waals surface area contributed by atoms with E-state index in [0.29, 0.717) is 31.5 Å². The molecule has 1 aliphatic carbocycles. The summed E-state index contributed by atoms with van der Waals surface area (Å²) in [5.41, 5.74) is 0. The number of carbonyl (C=O) groups excluding carboxylic acids is 2. The molecule has 0 radical (unpaired) electrons. The maximum Gasteiger partial charge on any atom is 0.220 e. The minimum atomic E-state index is 0.0781. The summed E-state index contributed by atoms with van der Waals surface area (Å²) >= 11 is 0. The van der Waals surface area contributed by atoms with Crippen LogP contribution >= 0.6 is 0 Å². The molecule has 0 heterocycles. The van der Waals surface area contributed by atoms with Gasteiger partial charge in [0.2, 0.25) is 11.8 Å². The number of nitrogens with one attached hydrogen (secondary N) is 1. The minimum absolute atomic E-state index is 0.0781. The number of rotatable bonds is 6. The third-order valence-electron chi connectivity index (χ3n) is 2.66. The quantitative estimate of drug-likeness (QED) is 0.739. The Labute approximate surface area is 97.4 Å². The molecule has 2 amide bonds. The van der Waals surface area contributed by atoms with Gasteiger partial charge in [0.25, 0.3) is 0 Å². The molecule has 0 aliphatic heterocycles. The Hall–Kier alpha value is -1.06. The smallest absolute Gasteiger partial charge is 0.220 e. The maximum absolute atomic E-state index is 11.4. The fourth-order valence-corrected chi connectivity index (χ4v) is 1.74. The van der Waals surface area contributed by atoms with Crippen LogP contribution < -0.4 is 5.32 Å². The number of hydrogen-bond acceptors (Lipinski definition) is 2. The van der Waals surface area contributed by atoms with Crippen LogP contribution in [0.25, 0.3) is 0 Å². The predicted octanol–water partition coefficient (Wildman–Crippen LogP) is 1.16. The molecule has 0 atom stereocenters. The first-order valence-corrected chi connectivity index (χ1v) is 6.04. The second-order valence-electron chi connectivity index (χ2n) is 4.89. The Bertz CT molecular complexity index is 260. The summed E-state index contributed by atoms with van der Waals surface area (Å²) in [5, 5.41) is 2.85. The van der Waals surface area contributed by atoms with Gasteiger partial charge in [0.1, 0.15) is 0 Å². The van der Waals surface area contributed by atoms with Crippen molar-refractivity contribution in [2.45, 2.75) is 46.1 Å². The lowest BCUT2D eigenvalue weighted by molar-refractivity contribution is -0.130. The number of nitrogens with zero attached hydrogens (tertiary/aromatic N) is 1. The topological polar surface area (TPSA) is 49.4 Å². The van der Waals surface area contributed by atoms with Gasteiger partial charge in [-0.15, -0.1) is 0 Å². The fourth-order valence-electron chi connectivity index (χ4n) is 1.74. The van der Waals surface area contributed by atoms with E-state index in [-0.39, 0.29) is 11.8 Å². The molecule has 4 heteroatoms. The van der Waals surface area contributed by atoms with Crippen LogP contribution in [0.4, 0.5) is 0 Å². The SMILES string of the molecule is CC(=O)N(CCNC(=O)CC(C)C)C1CC1. The molecule has 4 nitrogen and oxygen atoms in total. The monoisotopic (exact) mass is 226 g/mol. The molecule has 0 aromatic rings. The fraction of sp³-hybridized carbons (Fsp3) is 0.833. The first-order chi connectivity index (χ1) is 7.50. The van der Waals surface area contributed by atoms with Gasteiger partial charge in [-0.2, -0.15) is 0 Å². The van der Waals surface area contributed by atoms with Crippen LogP contribution in [0.2, 0.25) is 0 Å². The van der Waals surface area contributed by atoms with E-state index < -0.39 is 0 Å². The molecule has 0 aromatic carbocycles. The highest BCUT2D eigenvalue weighted by Gasteiger charge is 2.30. The summed E-state index contributed by atoms with van der Waals surface area (Å²) in [6, 6.07) is 0.430. The van der Waals surface area contributed by atoms with Gasteiger partial charge in [0.15, 0.2) is 0 Å². The first-order valence-electron chi connectivity index (χ1n) is 6.04. The zero-order chi connectivity index (χ0) is 12.1. The van der Waals surface area contributed by atoms with Gasteiger partial charge in [-0.1, -0.05) is 13.8 Å². The maximum atomic E-state index is 11.4. The highest BCUT2D eigenvalue weighted by atomic mass is 16.2. The first kappa shape index (κ1) is 13.0. The number of hydrogen-bond donors (Lipinski definition) is 1. The molecule has 1 N–H and O–H groups in total. The summed E-state index contributed by atoms with van der Waals surface area (Å²) in [6.45, 7) is 6.84. The number of amides is 2. The molecular formula is C12H22N2O2. The Kier molecular flexibility index (Phi) is 4.77. The van der Waals surface area contributed by atoms with Crippen LogP contribution in [0, 0.1) is 5.92 Å². The zero-order valence-corrected chi connectivity index (χ0v) is 10.5. The molecule has 0 spiro atoms. The van der Waals surface area contributed by atoms with Crippen molar-refractivity contribution in [3.8, 4) is 0 Å². The van der Waals surface area contributed by atoms with Crippen LogP contribution in [-0.4, -0.2) is 35.8 Å². The van der Waals surface area contributed by atoms with Gasteiger partial charge in [-0.05, 0) is 18.8 Å². The Morgan fingerprint density at radius 2 is 2.00 bits per heavy atom. The van der Waals surface area contributed by atoms with E-state index in [1.54, 1.807) is 6.92 Å². The lowest BCUT2D eigenvalue weighted by atomic mass is 10.1. The Balaban J connectivity index is 2.17. The van der Waals surface area contributed by atoms with Crippen molar-refractivity contribution in [2.75, 3.05) is 13.1 Å². The van der Waals surface area contributed by atoms with Crippen molar-refractivity contribution >= 4 is 11.8 Å². The van der Waals surface area contributed by atoms with Crippen LogP contribution in [0.1, 0.15) is 40.0 Å². The highest BCUT2D eigenvalue weighted by Crippen LogP contribution is 2.26. The van der Waals surface area contributed by atoms with Gasteiger partial charge in [0.05, 0.1) is 0 Å². The average molecular weight is 226 g/mol. The van der Waals surface area contributed by atoms with Crippen LogP contribution in [0.3, 0.4) is 0 Å². The standard InChI is InChI=1S/C12H22N2O2/c1-9(2)8-12(16)13-6-7-14(10(3)15)11-4-5-11/h9,11H,4-8H2,1-3H3,(H,13,16). The lowest BCUT2D eigenvalue weighted by Gasteiger charge is -2.20. The molecule has 0 bridgehead atoms. The van der Waals surface area contributed by atoms with Crippen molar-refractivity contribution in [1.82, 2.24) is 10.2 Å². The molecule has 0 aromatic heterocycles. The van der Waals surface area contributed by atoms with E-state index in [1.165, 1.54) is 0 Å². The second kappa shape index (κ2) is 5.87. The summed E-state index contributed by atoms with van der Waals surface area (Å²) < 4.78 is 0. The van der Waals surface area contributed by atoms with Crippen molar-refractivity contribution in [3.05, 3.63) is 0 Å². The Morgan fingerprint density at radius 1 is 1.38 bits per heavy atom. The van der Waals surface area contributed by atoms with E-state index in [1.807, 2.05) is 18.7 Å². The van der Waals surface area contributed by atoms with Crippen molar-refractivity contribution < 1.29 is 9.59 Å². The second-order valence-corrected chi connectivity index (χ2v) is 4.89. The molecule has 1 rings (SSSR count). The van der Waals surface area contributed by atoms with Crippen molar-refractivity contribution in [2.24, 2.45) is 5.92 Å². The molecule has 16 heavy (non-hydrogen) atoms. The van der Waals surface area contributed by atoms with E-state index in [4.69, 9.17) is 0 Å². The summed E-state index contributed by atoms with van der Waals surface area (Å²) in [5.74, 6) is 0.572. The third kappa shape index (κ3) is 4.64. The molecule has 92 valence electrons. The van der Waals surface area contributed by atoms with Crippen LogP contribution in [0.15, 0.2) is 0 Å². The van der Waals surface area contributed by atoms with Gasteiger partial charge in [-0.25, -0.2) is 0 Å². The minimum Gasteiger partial charge on any atom is -0.354 e. The molecule has 0 unspecified atom stereocenters. The molecule has 1 aliphatic rings. The average Bonchev–Trinajstić information content (AvgIpc) is 2.93. The van der Waals surface area contributed by atoms with E-state index in [9.17, 15) is 9.59 Å². The van der Waals surface area contributed by atoms with Crippen LogP contribution in [-0.2, 0) is 9.59 Å². The van der Waals surface area contributed by atoms with E-state index in [2.05, 4.69) is 5.32 Å².